The van der Waals surface area contributed by atoms with Crippen molar-refractivity contribution in [3.63, 3.8) is 0 Å². The number of aryl methyl sites for hydroxylation is 1. The zero-order chi connectivity index (χ0) is 18.5. The normalized spacial score (nSPS) is 16.9. The van der Waals surface area contributed by atoms with Gasteiger partial charge in [0.1, 0.15) is 5.75 Å². The summed E-state index contributed by atoms with van der Waals surface area (Å²) in [6.45, 7) is 1.72. The number of esters is 1. The summed E-state index contributed by atoms with van der Waals surface area (Å²) in [6, 6.07) is 14.8. The summed E-state index contributed by atoms with van der Waals surface area (Å²) in [6.07, 6.45) is 2.42. The number of hydrogen-bond donors (Lipinski definition) is 1. The molecule has 0 bridgehead atoms. The minimum atomic E-state index is -0.631. The molecule has 26 heavy (non-hydrogen) atoms. The lowest BCUT2D eigenvalue weighted by Gasteiger charge is -2.27. The van der Waals surface area contributed by atoms with Gasteiger partial charge in [-0.1, -0.05) is 24.3 Å². The van der Waals surface area contributed by atoms with Crippen LogP contribution in [0.2, 0.25) is 0 Å². The van der Waals surface area contributed by atoms with Crippen molar-refractivity contribution in [1.82, 2.24) is 5.32 Å². The number of amides is 1. The van der Waals surface area contributed by atoms with E-state index in [4.69, 9.17) is 4.74 Å². The first-order valence-electron chi connectivity index (χ1n) is 8.81. The van der Waals surface area contributed by atoms with Gasteiger partial charge in [0.25, 0.3) is 5.91 Å². The second kappa shape index (κ2) is 8.04. The van der Waals surface area contributed by atoms with Crippen molar-refractivity contribution in [2.75, 3.05) is 7.11 Å². The van der Waals surface area contributed by atoms with Crippen LogP contribution in [0.4, 0.5) is 0 Å². The minimum absolute atomic E-state index is 0.0280. The fourth-order valence-corrected chi connectivity index (χ4v) is 3.24. The molecule has 0 saturated carbocycles. The van der Waals surface area contributed by atoms with Gasteiger partial charge in [-0.25, -0.2) is 4.79 Å². The van der Waals surface area contributed by atoms with E-state index in [2.05, 4.69) is 22.2 Å². The van der Waals surface area contributed by atoms with Crippen LogP contribution in [0.1, 0.15) is 47.3 Å². The van der Waals surface area contributed by atoms with Gasteiger partial charge in [-0.2, -0.15) is 0 Å². The topological polar surface area (TPSA) is 64.6 Å². The van der Waals surface area contributed by atoms with E-state index in [1.165, 1.54) is 18.2 Å². The van der Waals surface area contributed by atoms with Crippen LogP contribution in [0.15, 0.2) is 48.5 Å². The Bertz CT molecular complexity index is 785. The zero-order valence-electron chi connectivity index (χ0n) is 15.0. The van der Waals surface area contributed by atoms with Gasteiger partial charge in [-0.15, -0.1) is 0 Å². The average molecular weight is 353 g/mol. The highest BCUT2D eigenvalue weighted by atomic mass is 16.5. The Hall–Kier alpha value is -2.82. The van der Waals surface area contributed by atoms with E-state index >= 15 is 0 Å². The lowest BCUT2D eigenvalue weighted by atomic mass is 9.87. The fourth-order valence-electron chi connectivity index (χ4n) is 3.24. The van der Waals surface area contributed by atoms with Gasteiger partial charge in [-0.05, 0) is 61.6 Å². The molecule has 0 fully saturated rings. The molecule has 5 heteroatoms. The van der Waals surface area contributed by atoms with Crippen molar-refractivity contribution in [1.29, 1.82) is 0 Å². The summed E-state index contributed by atoms with van der Waals surface area (Å²) < 4.78 is 10.4. The van der Waals surface area contributed by atoms with Crippen molar-refractivity contribution in [3.05, 3.63) is 65.2 Å². The zero-order valence-corrected chi connectivity index (χ0v) is 15.0. The van der Waals surface area contributed by atoms with E-state index in [0.717, 1.165) is 19.3 Å². The first kappa shape index (κ1) is 18.0. The van der Waals surface area contributed by atoms with Crippen LogP contribution in [0, 0.1) is 0 Å². The number of methoxy groups -OCH3 is 1. The predicted molar refractivity (Wildman–Crippen MR) is 98.1 cm³/mol. The van der Waals surface area contributed by atoms with E-state index in [-0.39, 0.29) is 11.9 Å². The number of rotatable bonds is 5. The van der Waals surface area contributed by atoms with Crippen molar-refractivity contribution >= 4 is 11.9 Å². The summed E-state index contributed by atoms with van der Waals surface area (Å²) in [5.41, 5.74) is 2.94. The second-order valence-electron chi connectivity index (χ2n) is 6.43. The van der Waals surface area contributed by atoms with Crippen LogP contribution >= 0.6 is 0 Å². The third kappa shape index (κ3) is 4.04. The second-order valence-corrected chi connectivity index (χ2v) is 6.43. The molecule has 2 aromatic rings. The van der Waals surface area contributed by atoms with Crippen molar-refractivity contribution in [3.8, 4) is 5.75 Å². The molecule has 0 unspecified atom stereocenters. The standard InChI is InChI=1S/C21H23NO4/c1-14(26-17-12-10-16(11-13-17)21(24)25-2)20(23)22-19-9-5-7-15-6-3-4-8-18(15)19/h3-4,6,8,10-14,19H,5,7,9H2,1-2H3,(H,22,23)/t14-,19+/m1/s1. The Morgan fingerprint density at radius 3 is 2.58 bits per heavy atom. The summed E-state index contributed by atoms with van der Waals surface area (Å²) >= 11 is 0. The molecule has 2 atom stereocenters. The van der Waals surface area contributed by atoms with Gasteiger partial charge >= 0.3 is 5.97 Å². The van der Waals surface area contributed by atoms with Gasteiger partial charge in [0.05, 0.1) is 18.7 Å². The van der Waals surface area contributed by atoms with Crippen molar-refractivity contribution in [2.45, 2.75) is 38.3 Å². The number of ether oxygens (including phenoxy) is 2. The molecule has 0 aliphatic heterocycles. The van der Waals surface area contributed by atoms with E-state index in [1.54, 1.807) is 31.2 Å². The van der Waals surface area contributed by atoms with Crippen LogP contribution in [0.3, 0.4) is 0 Å². The lowest BCUT2D eigenvalue weighted by Crippen LogP contribution is -2.39. The smallest absolute Gasteiger partial charge is 0.337 e. The first-order valence-corrected chi connectivity index (χ1v) is 8.81. The number of hydrogen-bond acceptors (Lipinski definition) is 4. The van der Waals surface area contributed by atoms with Crippen LogP contribution in [-0.4, -0.2) is 25.1 Å². The molecule has 1 aliphatic rings. The highest BCUT2D eigenvalue weighted by molar-refractivity contribution is 5.89. The van der Waals surface area contributed by atoms with E-state index in [0.29, 0.717) is 11.3 Å². The molecule has 5 nitrogen and oxygen atoms in total. The highest BCUT2D eigenvalue weighted by Crippen LogP contribution is 2.29. The minimum Gasteiger partial charge on any atom is -0.481 e. The third-order valence-electron chi connectivity index (χ3n) is 4.64. The quantitative estimate of drug-likeness (QED) is 0.837. The molecule has 1 amide bonds. The molecule has 0 heterocycles. The SMILES string of the molecule is COC(=O)c1ccc(O[C@H](C)C(=O)N[C@H]2CCCc3ccccc32)cc1. The molecule has 1 aliphatic carbocycles. The summed E-state index contributed by atoms with van der Waals surface area (Å²) in [5, 5.41) is 3.10. The van der Waals surface area contributed by atoms with Crippen LogP contribution < -0.4 is 10.1 Å². The molecule has 136 valence electrons. The third-order valence-corrected chi connectivity index (χ3v) is 4.64. The largest absolute Gasteiger partial charge is 0.481 e. The van der Waals surface area contributed by atoms with Crippen molar-refractivity contribution < 1.29 is 19.1 Å². The van der Waals surface area contributed by atoms with E-state index in [9.17, 15) is 9.59 Å². The monoisotopic (exact) mass is 353 g/mol. The fraction of sp³-hybridized carbons (Fsp3) is 0.333. The van der Waals surface area contributed by atoms with Gasteiger partial charge in [-0.3, -0.25) is 4.79 Å². The average Bonchev–Trinajstić information content (AvgIpc) is 2.68. The number of fused-ring (bicyclic) bond motifs is 1. The lowest BCUT2D eigenvalue weighted by molar-refractivity contribution is -0.128. The molecular formula is C21H23NO4. The van der Waals surface area contributed by atoms with Gasteiger partial charge in [0, 0.05) is 0 Å². The Balaban J connectivity index is 1.61. The van der Waals surface area contributed by atoms with E-state index < -0.39 is 12.1 Å². The number of benzene rings is 2. The molecular weight excluding hydrogens is 330 g/mol. The summed E-state index contributed by atoms with van der Waals surface area (Å²) in [7, 11) is 1.34. The summed E-state index contributed by atoms with van der Waals surface area (Å²) in [4.78, 5) is 24.0. The molecule has 2 aromatic carbocycles. The Kier molecular flexibility index (Phi) is 5.56. The number of nitrogens with one attached hydrogen (secondary N) is 1. The van der Waals surface area contributed by atoms with Gasteiger partial charge in [0.2, 0.25) is 0 Å². The Morgan fingerprint density at radius 1 is 1.12 bits per heavy atom. The molecule has 0 spiro atoms. The number of carbonyl (C=O) groups is 2. The molecule has 0 saturated heterocycles. The van der Waals surface area contributed by atoms with Crippen molar-refractivity contribution in [2.24, 2.45) is 0 Å². The Labute approximate surface area is 153 Å². The maximum atomic E-state index is 12.5. The van der Waals surface area contributed by atoms with Crippen LogP contribution in [-0.2, 0) is 16.0 Å². The van der Waals surface area contributed by atoms with Crippen LogP contribution in [0.25, 0.3) is 0 Å². The van der Waals surface area contributed by atoms with Gasteiger partial charge < -0.3 is 14.8 Å². The van der Waals surface area contributed by atoms with E-state index in [1.807, 2.05) is 12.1 Å². The van der Waals surface area contributed by atoms with Gasteiger partial charge in [0.15, 0.2) is 6.10 Å². The maximum absolute atomic E-state index is 12.5. The number of carbonyl (C=O) groups excluding carboxylic acids is 2. The maximum Gasteiger partial charge on any atom is 0.337 e. The summed E-state index contributed by atoms with van der Waals surface area (Å²) in [5.74, 6) is -0.0219. The predicted octanol–water partition coefficient (Wildman–Crippen LogP) is 3.43. The molecule has 0 radical (unpaired) electrons. The molecule has 1 N–H and O–H groups in total. The highest BCUT2D eigenvalue weighted by Gasteiger charge is 2.24. The van der Waals surface area contributed by atoms with Crippen LogP contribution in [0.5, 0.6) is 5.75 Å². The molecule has 0 aromatic heterocycles. The first-order chi connectivity index (χ1) is 12.6. The molecule has 3 rings (SSSR count). The Morgan fingerprint density at radius 2 is 1.85 bits per heavy atom.